The minimum atomic E-state index is -4.31. The first-order chi connectivity index (χ1) is 9.20. The Kier molecular flexibility index (Phi) is 7.85. The van der Waals surface area contributed by atoms with Crippen molar-refractivity contribution in [2.24, 2.45) is 0 Å². The van der Waals surface area contributed by atoms with Gasteiger partial charge >= 0.3 is 35.5 Å². The number of carbonyl (C=O) groups is 2. The summed E-state index contributed by atoms with van der Waals surface area (Å²) >= 11 is 0. The summed E-state index contributed by atoms with van der Waals surface area (Å²) in [5, 5.41) is 19.1. The molecule has 0 spiro atoms. The van der Waals surface area contributed by atoms with Gasteiger partial charge in [-0.25, -0.2) is 5.43 Å². The van der Waals surface area contributed by atoms with Crippen LogP contribution >= 0.6 is 0 Å². The summed E-state index contributed by atoms with van der Waals surface area (Å²) < 4.78 is 30.3. The fourth-order valence-corrected chi connectivity index (χ4v) is 1.73. The van der Waals surface area contributed by atoms with Gasteiger partial charge in [0, 0.05) is 18.1 Å². The molecule has 1 unspecified atom stereocenters. The third-order valence-corrected chi connectivity index (χ3v) is 3.08. The van der Waals surface area contributed by atoms with Gasteiger partial charge < -0.3 is 20.4 Å². The number of anilines is 1. The van der Waals surface area contributed by atoms with Crippen molar-refractivity contribution in [2.45, 2.75) is 17.4 Å². The van der Waals surface area contributed by atoms with Crippen LogP contribution in [0.5, 0.6) is 0 Å². The first-order valence-electron chi connectivity index (χ1n) is 5.22. The smallest absolute Gasteiger partial charge is 0.550 e. The Morgan fingerprint density at radius 2 is 1.76 bits per heavy atom. The molecule has 9 nitrogen and oxygen atoms in total. The molecule has 0 heterocycles. The molecular weight excluding hydrogens is 315 g/mol. The number of aliphatic carboxylic acids is 2. The number of hydrogen-bond acceptors (Lipinski definition) is 7. The van der Waals surface area contributed by atoms with E-state index in [0.717, 1.165) is 12.1 Å². The molecule has 1 rings (SSSR count). The van der Waals surface area contributed by atoms with E-state index in [1.54, 1.807) is 0 Å². The van der Waals surface area contributed by atoms with E-state index in [-0.39, 0.29) is 40.1 Å². The van der Waals surface area contributed by atoms with Crippen molar-refractivity contribution >= 4 is 27.7 Å². The van der Waals surface area contributed by atoms with Crippen LogP contribution in [0.25, 0.3) is 0 Å². The van der Waals surface area contributed by atoms with Gasteiger partial charge in [-0.15, -0.1) is 0 Å². The molecule has 0 aliphatic carbocycles. The minimum absolute atomic E-state index is 0. The monoisotopic (exact) mass is 326 g/mol. The summed E-state index contributed by atoms with van der Waals surface area (Å²) in [6, 6.07) is 3.28. The first-order valence-corrected chi connectivity index (χ1v) is 6.66. The van der Waals surface area contributed by atoms with Crippen LogP contribution in [0.4, 0.5) is 5.69 Å². The Balaban J connectivity index is 0.00000400. The van der Waals surface area contributed by atoms with Crippen LogP contribution < -0.4 is 45.5 Å². The average Bonchev–Trinajstić information content (AvgIpc) is 2.33. The number of benzene rings is 1. The number of rotatable bonds is 7. The Morgan fingerprint density at radius 3 is 2.14 bits per heavy atom. The van der Waals surface area contributed by atoms with Crippen molar-refractivity contribution < 1.29 is 62.3 Å². The molecule has 1 aromatic rings. The first kappa shape index (κ1) is 19.8. The van der Waals surface area contributed by atoms with Gasteiger partial charge in [0.1, 0.15) is 6.04 Å². The second-order valence-corrected chi connectivity index (χ2v) is 5.16. The van der Waals surface area contributed by atoms with Gasteiger partial charge in [-0.3, -0.25) is 9.35 Å². The molecule has 0 amide bonds. The Hall–Kier alpha value is -1.17. The van der Waals surface area contributed by atoms with Gasteiger partial charge in [0.25, 0.3) is 10.1 Å². The summed E-state index contributed by atoms with van der Waals surface area (Å²) in [6.45, 7) is 0. The number of hydrazine groups is 1. The molecule has 110 valence electrons. The van der Waals surface area contributed by atoms with Crippen molar-refractivity contribution in [3.63, 3.8) is 0 Å². The minimum Gasteiger partial charge on any atom is -0.550 e. The third-order valence-electron chi connectivity index (χ3n) is 2.21. The number of nitrogens with one attached hydrogen (secondary N) is 2. The van der Waals surface area contributed by atoms with E-state index >= 15 is 0 Å². The van der Waals surface area contributed by atoms with E-state index in [1.807, 2.05) is 0 Å². The average molecular weight is 326 g/mol. The predicted molar refractivity (Wildman–Crippen MR) is 64.1 cm³/mol. The number of carboxylic acid groups (broad SMARTS) is 2. The summed E-state index contributed by atoms with van der Waals surface area (Å²) in [5.74, 6) is -2.93. The molecule has 1 atom stereocenters. The van der Waals surface area contributed by atoms with E-state index in [9.17, 15) is 23.1 Å². The summed E-state index contributed by atoms with van der Waals surface area (Å²) in [4.78, 5) is 20.8. The topological polar surface area (TPSA) is 156 Å². The zero-order chi connectivity index (χ0) is 15.3. The fourth-order valence-electron chi connectivity index (χ4n) is 1.25. The van der Waals surface area contributed by atoms with Crippen molar-refractivity contribution in [1.82, 2.24) is 5.43 Å². The second kappa shape index (κ2) is 8.32. The zero-order valence-electron chi connectivity index (χ0n) is 10.9. The molecule has 0 fully saturated rings. The van der Waals surface area contributed by atoms with Crippen molar-refractivity contribution in [1.29, 1.82) is 0 Å². The molecule has 1 aromatic carbocycles. The second-order valence-electron chi connectivity index (χ2n) is 3.74. The van der Waals surface area contributed by atoms with Crippen LogP contribution in [0.15, 0.2) is 29.2 Å². The van der Waals surface area contributed by atoms with E-state index in [2.05, 4.69) is 10.9 Å². The van der Waals surface area contributed by atoms with Crippen LogP contribution in [0.1, 0.15) is 6.42 Å². The Morgan fingerprint density at radius 1 is 1.24 bits per heavy atom. The normalized spacial score (nSPS) is 12.0. The van der Waals surface area contributed by atoms with Crippen molar-refractivity contribution in [3.8, 4) is 0 Å². The predicted octanol–water partition coefficient (Wildman–Crippen LogP) is -4.55. The van der Waals surface area contributed by atoms with E-state index < -0.39 is 34.5 Å². The van der Waals surface area contributed by atoms with Gasteiger partial charge in [-0.2, -0.15) is 8.42 Å². The van der Waals surface area contributed by atoms with Gasteiger partial charge in [0.05, 0.1) is 4.90 Å². The Bertz CT molecular complexity index is 602. The van der Waals surface area contributed by atoms with Crippen LogP contribution in [-0.4, -0.2) is 36.1 Å². The largest absolute Gasteiger partial charge is 1.00 e. The molecule has 0 saturated heterocycles. The molecule has 0 bridgehead atoms. The van der Waals surface area contributed by atoms with Crippen molar-refractivity contribution in [3.05, 3.63) is 24.3 Å². The number of hydrogen-bond donors (Lipinski definition) is 4. The molecule has 0 saturated carbocycles. The van der Waals surface area contributed by atoms with Crippen LogP contribution in [0.2, 0.25) is 0 Å². The standard InChI is InChI=1S/C10H12N2O7S.Na/c13-9(14)5-8(10(15)16)12-11-6-1-3-7(4-2-6)20(17,18)19;/h1-4,8,11-12H,5H2,(H,13,14)(H,15,16)(H,17,18,19);/q;+1/p-1. The summed E-state index contributed by atoms with van der Waals surface area (Å²) in [6.07, 6.45) is -0.745. The summed E-state index contributed by atoms with van der Waals surface area (Å²) in [5.41, 5.74) is 4.93. The summed E-state index contributed by atoms with van der Waals surface area (Å²) in [7, 11) is -4.31. The molecule has 21 heavy (non-hydrogen) atoms. The maximum absolute atomic E-state index is 10.8. The van der Waals surface area contributed by atoms with Crippen LogP contribution in [-0.2, 0) is 19.7 Å². The van der Waals surface area contributed by atoms with E-state index in [1.165, 1.54) is 12.1 Å². The van der Waals surface area contributed by atoms with Gasteiger partial charge in [-0.1, -0.05) is 0 Å². The van der Waals surface area contributed by atoms with Crippen molar-refractivity contribution in [2.75, 3.05) is 5.43 Å². The SMILES string of the molecule is O=C([O-])CC(NNc1ccc(S(=O)(=O)O)cc1)C(=O)O.[Na+]. The zero-order valence-corrected chi connectivity index (χ0v) is 13.8. The van der Waals surface area contributed by atoms with Crippen LogP contribution in [0, 0.1) is 0 Å². The molecule has 4 N–H and O–H groups in total. The van der Waals surface area contributed by atoms with E-state index in [0.29, 0.717) is 0 Å². The third kappa shape index (κ3) is 6.89. The van der Waals surface area contributed by atoms with Gasteiger partial charge in [0.2, 0.25) is 0 Å². The van der Waals surface area contributed by atoms with Gasteiger partial charge in [-0.05, 0) is 24.3 Å². The number of carbonyl (C=O) groups excluding carboxylic acids is 1. The quantitative estimate of drug-likeness (QED) is 0.220. The molecule has 0 aromatic heterocycles. The molecule has 0 aliphatic heterocycles. The van der Waals surface area contributed by atoms with E-state index in [4.69, 9.17) is 9.66 Å². The molecular formula is C10H11N2NaO7S. The maximum Gasteiger partial charge on any atom is 1.00 e. The molecule has 11 heteroatoms. The molecule has 0 aliphatic rings. The fraction of sp³-hybridized carbons (Fsp3) is 0.200. The van der Waals surface area contributed by atoms with Crippen LogP contribution in [0.3, 0.4) is 0 Å². The van der Waals surface area contributed by atoms with Gasteiger partial charge in [0.15, 0.2) is 0 Å². The molecule has 0 radical (unpaired) electrons. The Labute approximate surface area is 142 Å². The maximum atomic E-state index is 10.8. The number of carboxylic acids is 2.